The first kappa shape index (κ1) is 13.2. The number of carboxylic acids is 1. The lowest BCUT2D eigenvalue weighted by Gasteiger charge is -2.07. The molecule has 0 aliphatic heterocycles. The smallest absolute Gasteiger partial charge is 0.335 e. The van der Waals surface area contributed by atoms with Crippen molar-refractivity contribution in [3.8, 4) is 5.69 Å². The molecular formula is C12H13N3O4. The second kappa shape index (κ2) is 5.59. The minimum absolute atomic E-state index is 0.155. The molecule has 7 heteroatoms. The highest BCUT2D eigenvalue weighted by atomic mass is 16.5. The molecule has 0 radical (unpaired) electrons. The Morgan fingerprint density at radius 1 is 1.47 bits per heavy atom. The lowest BCUT2D eigenvalue weighted by molar-refractivity contribution is 0.0697. The van der Waals surface area contributed by atoms with E-state index < -0.39 is 5.97 Å². The fourth-order valence-electron chi connectivity index (χ4n) is 1.71. The molecule has 0 aliphatic carbocycles. The third-order valence-corrected chi connectivity index (χ3v) is 2.61. The van der Waals surface area contributed by atoms with E-state index >= 15 is 0 Å². The highest BCUT2D eigenvalue weighted by molar-refractivity contribution is 5.88. The molecule has 0 bridgehead atoms. The molecule has 0 amide bonds. The molecule has 0 unspecified atom stereocenters. The van der Waals surface area contributed by atoms with Gasteiger partial charge < -0.3 is 14.9 Å². The van der Waals surface area contributed by atoms with E-state index in [0.29, 0.717) is 17.1 Å². The number of methoxy groups -OCH3 is 1. The van der Waals surface area contributed by atoms with E-state index in [1.165, 1.54) is 23.9 Å². The van der Waals surface area contributed by atoms with Crippen LogP contribution in [0.15, 0.2) is 24.3 Å². The maximum absolute atomic E-state index is 10.9. The zero-order valence-corrected chi connectivity index (χ0v) is 10.3. The van der Waals surface area contributed by atoms with Crippen LogP contribution >= 0.6 is 0 Å². The van der Waals surface area contributed by atoms with Crippen LogP contribution in [-0.4, -0.2) is 38.3 Å². The van der Waals surface area contributed by atoms with E-state index in [1.807, 2.05) is 0 Å². The van der Waals surface area contributed by atoms with Gasteiger partial charge >= 0.3 is 5.97 Å². The maximum atomic E-state index is 10.9. The molecule has 2 N–H and O–H groups in total. The van der Waals surface area contributed by atoms with Crippen molar-refractivity contribution < 1.29 is 19.7 Å². The molecule has 2 rings (SSSR count). The van der Waals surface area contributed by atoms with Gasteiger partial charge in [-0.2, -0.15) is 0 Å². The summed E-state index contributed by atoms with van der Waals surface area (Å²) >= 11 is 0. The fourth-order valence-corrected chi connectivity index (χ4v) is 1.71. The summed E-state index contributed by atoms with van der Waals surface area (Å²) in [5, 5.41) is 25.9. The van der Waals surface area contributed by atoms with Crippen molar-refractivity contribution in [1.82, 2.24) is 15.0 Å². The van der Waals surface area contributed by atoms with Crippen LogP contribution in [0.4, 0.5) is 0 Å². The Labute approximate surface area is 109 Å². The third-order valence-electron chi connectivity index (χ3n) is 2.61. The van der Waals surface area contributed by atoms with Crippen LogP contribution in [0.2, 0.25) is 0 Å². The van der Waals surface area contributed by atoms with Crippen molar-refractivity contribution >= 4 is 5.97 Å². The van der Waals surface area contributed by atoms with Crippen LogP contribution in [0.5, 0.6) is 0 Å². The molecule has 1 aromatic carbocycles. The number of benzene rings is 1. The minimum atomic E-state index is -1.02. The molecule has 2 aromatic rings. The normalized spacial score (nSPS) is 10.6. The van der Waals surface area contributed by atoms with Gasteiger partial charge in [-0.05, 0) is 18.2 Å². The second-order valence-electron chi connectivity index (χ2n) is 3.84. The van der Waals surface area contributed by atoms with Crippen LogP contribution in [0, 0.1) is 0 Å². The van der Waals surface area contributed by atoms with Gasteiger partial charge in [-0.15, -0.1) is 5.10 Å². The molecule has 0 saturated heterocycles. The Bertz CT molecular complexity index is 594. The summed E-state index contributed by atoms with van der Waals surface area (Å²) in [6, 6.07) is 6.31. The summed E-state index contributed by atoms with van der Waals surface area (Å²) < 4.78 is 6.50. The molecule has 0 aliphatic rings. The van der Waals surface area contributed by atoms with E-state index in [2.05, 4.69) is 10.3 Å². The van der Waals surface area contributed by atoms with Crippen molar-refractivity contribution in [3.05, 3.63) is 41.2 Å². The molecule has 19 heavy (non-hydrogen) atoms. The van der Waals surface area contributed by atoms with Crippen LogP contribution in [-0.2, 0) is 18.0 Å². The summed E-state index contributed by atoms with van der Waals surface area (Å²) in [5.41, 5.74) is 1.70. The zero-order valence-electron chi connectivity index (χ0n) is 10.3. The Hall–Kier alpha value is -2.25. The van der Waals surface area contributed by atoms with E-state index in [9.17, 15) is 9.90 Å². The third kappa shape index (κ3) is 2.61. The summed E-state index contributed by atoms with van der Waals surface area (Å²) in [7, 11) is 1.52. The second-order valence-corrected chi connectivity index (χ2v) is 3.84. The standard InChI is InChI=1S/C12H13N3O4/c1-19-7-11-10(6-16)13-14-15(11)9-4-2-3-8(5-9)12(17)18/h2-5,16H,6-7H2,1H3,(H,17,18). The highest BCUT2D eigenvalue weighted by Crippen LogP contribution is 2.15. The van der Waals surface area contributed by atoms with Gasteiger partial charge in [0.1, 0.15) is 5.69 Å². The molecule has 0 saturated carbocycles. The number of aliphatic hydroxyl groups excluding tert-OH is 1. The lowest BCUT2D eigenvalue weighted by atomic mass is 10.2. The van der Waals surface area contributed by atoms with Gasteiger partial charge in [0.05, 0.1) is 30.2 Å². The molecule has 0 spiro atoms. The SMILES string of the molecule is COCc1c(CO)nnn1-c1cccc(C(=O)O)c1. The molecular weight excluding hydrogens is 250 g/mol. The number of aliphatic hydroxyl groups is 1. The highest BCUT2D eigenvalue weighted by Gasteiger charge is 2.14. The number of nitrogens with zero attached hydrogens (tertiary/aromatic N) is 3. The quantitative estimate of drug-likeness (QED) is 0.820. The van der Waals surface area contributed by atoms with E-state index in [4.69, 9.17) is 9.84 Å². The predicted octanol–water partition coefficient (Wildman–Crippen LogP) is 0.604. The topological polar surface area (TPSA) is 97.5 Å². The van der Waals surface area contributed by atoms with Gasteiger partial charge in [0.2, 0.25) is 0 Å². The number of hydrogen-bond donors (Lipinski definition) is 2. The summed E-state index contributed by atoms with van der Waals surface area (Å²) in [5.74, 6) is -1.02. The van der Waals surface area contributed by atoms with Crippen molar-refractivity contribution in [2.24, 2.45) is 0 Å². The summed E-state index contributed by atoms with van der Waals surface area (Å²) in [6.07, 6.45) is 0. The van der Waals surface area contributed by atoms with Crippen molar-refractivity contribution in [1.29, 1.82) is 0 Å². The van der Waals surface area contributed by atoms with Crippen molar-refractivity contribution in [2.45, 2.75) is 13.2 Å². The summed E-state index contributed by atoms with van der Waals surface area (Å²) in [4.78, 5) is 10.9. The molecule has 0 fully saturated rings. The molecule has 1 aromatic heterocycles. The van der Waals surface area contributed by atoms with Crippen molar-refractivity contribution in [3.63, 3.8) is 0 Å². The van der Waals surface area contributed by atoms with Crippen LogP contribution in [0.25, 0.3) is 5.69 Å². The predicted molar refractivity (Wildman–Crippen MR) is 65.0 cm³/mol. The molecule has 0 atom stereocenters. The monoisotopic (exact) mass is 263 g/mol. The van der Waals surface area contributed by atoms with E-state index in [0.717, 1.165) is 0 Å². The number of ether oxygens (including phenoxy) is 1. The van der Waals surface area contributed by atoms with Gasteiger partial charge in [0.15, 0.2) is 0 Å². The first-order chi connectivity index (χ1) is 9.17. The Morgan fingerprint density at radius 2 is 2.26 bits per heavy atom. The zero-order chi connectivity index (χ0) is 13.8. The Kier molecular flexibility index (Phi) is 3.88. The average Bonchev–Trinajstić information content (AvgIpc) is 2.82. The number of rotatable bonds is 5. The average molecular weight is 263 g/mol. The van der Waals surface area contributed by atoms with Crippen LogP contribution in [0.3, 0.4) is 0 Å². The fraction of sp³-hybridized carbons (Fsp3) is 0.250. The number of carboxylic acid groups (broad SMARTS) is 1. The van der Waals surface area contributed by atoms with Gasteiger partial charge in [-0.3, -0.25) is 0 Å². The van der Waals surface area contributed by atoms with Crippen LogP contribution < -0.4 is 0 Å². The minimum Gasteiger partial charge on any atom is -0.478 e. The van der Waals surface area contributed by atoms with Gasteiger partial charge in [-0.25, -0.2) is 9.48 Å². The largest absolute Gasteiger partial charge is 0.478 e. The number of aromatic nitrogens is 3. The van der Waals surface area contributed by atoms with Crippen LogP contribution in [0.1, 0.15) is 21.7 Å². The lowest BCUT2D eigenvalue weighted by Crippen LogP contribution is -2.06. The number of aromatic carboxylic acids is 1. The van der Waals surface area contributed by atoms with Gasteiger partial charge in [0.25, 0.3) is 0 Å². The van der Waals surface area contributed by atoms with E-state index in [-0.39, 0.29) is 18.8 Å². The Balaban J connectivity index is 2.49. The molecule has 100 valence electrons. The first-order valence-corrected chi connectivity index (χ1v) is 5.54. The maximum Gasteiger partial charge on any atom is 0.335 e. The van der Waals surface area contributed by atoms with E-state index in [1.54, 1.807) is 12.1 Å². The number of hydrogen-bond acceptors (Lipinski definition) is 5. The van der Waals surface area contributed by atoms with Gasteiger partial charge in [0, 0.05) is 7.11 Å². The first-order valence-electron chi connectivity index (χ1n) is 5.54. The molecule has 7 nitrogen and oxygen atoms in total. The van der Waals surface area contributed by atoms with Gasteiger partial charge in [-0.1, -0.05) is 11.3 Å². The molecule has 1 heterocycles. The summed E-state index contributed by atoms with van der Waals surface area (Å²) in [6.45, 7) is -0.0303. The number of carbonyl (C=O) groups is 1. The van der Waals surface area contributed by atoms with Crippen molar-refractivity contribution in [2.75, 3.05) is 7.11 Å². The Morgan fingerprint density at radius 3 is 2.89 bits per heavy atom.